The molecule has 1 heterocycles. The van der Waals surface area contributed by atoms with Gasteiger partial charge in [0.05, 0.1) is 4.90 Å². The summed E-state index contributed by atoms with van der Waals surface area (Å²) in [5.41, 5.74) is 0.966. The van der Waals surface area contributed by atoms with Gasteiger partial charge in [-0.2, -0.15) is 4.72 Å². The van der Waals surface area contributed by atoms with E-state index < -0.39 is 22.5 Å². The Morgan fingerprint density at radius 2 is 2.00 bits per heavy atom. The molecule has 112 valence electrons. The summed E-state index contributed by atoms with van der Waals surface area (Å²) < 4.78 is 31.6. The van der Waals surface area contributed by atoms with Gasteiger partial charge < -0.3 is 9.52 Å². The van der Waals surface area contributed by atoms with Crippen molar-refractivity contribution < 1.29 is 27.5 Å². The number of nitrogens with one attached hydrogen (secondary N) is 1. The third-order valence-electron chi connectivity index (χ3n) is 2.89. The van der Waals surface area contributed by atoms with Gasteiger partial charge in [-0.3, -0.25) is 9.59 Å². The summed E-state index contributed by atoms with van der Waals surface area (Å²) in [6.45, 7) is 2.30. The van der Waals surface area contributed by atoms with Crippen LogP contribution in [0.15, 0.2) is 27.5 Å². The predicted molar refractivity (Wildman–Crippen MR) is 73.8 cm³/mol. The summed E-state index contributed by atoms with van der Waals surface area (Å²) in [4.78, 5) is 21.7. The van der Waals surface area contributed by atoms with Crippen LogP contribution in [0.2, 0.25) is 0 Å². The third-order valence-corrected chi connectivity index (χ3v) is 4.35. The van der Waals surface area contributed by atoms with E-state index in [1.807, 2.05) is 4.72 Å². The van der Waals surface area contributed by atoms with Gasteiger partial charge in [-0.1, -0.05) is 6.07 Å². The van der Waals surface area contributed by atoms with Crippen molar-refractivity contribution in [2.75, 3.05) is 6.54 Å². The number of aryl methyl sites for hydroxylation is 1. The number of carbonyl (C=O) groups excluding carboxylic acids is 1. The van der Waals surface area contributed by atoms with Crippen LogP contribution in [-0.4, -0.2) is 31.8 Å². The van der Waals surface area contributed by atoms with Crippen LogP contribution in [0.25, 0.3) is 11.0 Å². The number of benzene rings is 1. The van der Waals surface area contributed by atoms with Crippen molar-refractivity contribution in [3.63, 3.8) is 0 Å². The minimum Gasteiger partial charge on any atom is -0.480 e. The molecular formula is C13H13NO6S. The fraction of sp³-hybridized carbons (Fsp3) is 0.231. The highest BCUT2D eigenvalue weighted by Gasteiger charge is 2.22. The van der Waals surface area contributed by atoms with Crippen LogP contribution in [0.1, 0.15) is 23.0 Å². The van der Waals surface area contributed by atoms with E-state index >= 15 is 0 Å². The largest absolute Gasteiger partial charge is 0.480 e. The summed E-state index contributed by atoms with van der Waals surface area (Å²) in [6.07, 6.45) is 0. The van der Waals surface area contributed by atoms with Gasteiger partial charge in [0.15, 0.2) is 11.5 Å². The molecule has 0 bridgehead atoms. The van der Waals surface area contributed by atoms with E-state index in [2.05, 4.69) is 0 Å². The van der Waals surface area contributed by atoms with E-state index in [4.69, 9.17) is 9.52 Å². The minimum atomic E-state index is -4.01. The number of carbonyl (C=O) groups is 2. The lowest BCUT2D eigenvalue weighted by molar-refractivity contribution is -0.135. The first-order valence-corrected chi connectivity index (χ1v) is 7.46. The zero-order chi connectivity index (χ0) is 15.8. The second-order valence-corrected chi connectivity index (χ2v) is 6.24. The third kappa shape index (κ3) is 2.96. The minimum absolute atomic E-state index is 0.0500. The summed E-state index contributed by atoms with van der Waals surface area (Å²) in [5.74, 6) is -1.57. The van der Waals surface area contributed by atoms with E-state index in [1.54, 1.807) is 6.92 Å². The van der Waals surface area contributed by atoms with Crippen molar-refractivity contribution in [3.8, 4) is 0 Å². The van der Waals surface area contributed by atoms with Crippen molar-refractivity contribution in [2.24, 2.45) is 0 Å². The quantitative estimate of drug-likeness (QED) is 0.805. The summed E-state index contributed by atoms with van der Waals surface area (Å²) in [7, 11) is -4.01. The van der Waals surface area contributed by atoms with E-state index in [0.717, 1.165) is 0 Å². The highest BCUT2D eigenvalue weighted by atomic mass is 32.2. The standard InChI is InChI=1S/C13H13NO6S/c1-7-3-4-11(21(18,19)14-6-12(16)17)9-5-10(8(2)15)20-13(7)9/h3-5,14H,6H2,1-2H3,(H,16,17). The summed E-state index contributed by atoms with van der Waals surface area (Å²) in [6, 6.07) is 4.23. The average molecular weight is 311 g/mol. The summed E-state index contributed by atoms with van der Waals surface area (Å²) >= 11 is 0. The Bertz CT molecular complexity index is 834. The van der Waals surface area contributed by atoms with Crippen LogP contribution >= 0.6 is 0 Å². The van der Waals surface area contributed by atoms with Gasteiger partial charge >= 0.3 is 5.97 Å². The van der Waals surface area contributed by atoms with E-state index in [0.29, 0.717) is 11.1 Å². The molecule has 2 rings (SSSR count). The number of fused-ring (bicyclic) bond motifs is 1. The van der Waals surface area contributed by atoms with Crippen molar-refractivity contribution in [2.45, 2.75) is 18.7 Å². The number of Topliss-reactive ketones (excluding diaryl/α,β-unsaturated/α-hetero) is 1. The Labute approximate surface area is 120 Å². The van der Waals surface area contributed by atoms with Crippen molar-refractivity contribution in [3.05, 3.63) is 29.5 Å². The number of furan rings is 1. The molecule has 7 nitrogen and oxygen atoms in total. The molecule has 0 unspecified atom stereocenters. The first kappa shape index (κ1) is 15.2. The predicted octanol–water partition coefficient (Wildman–Crippen LogP) is 1.31. The number of hydrogen-bond acceptors (Lipinski definition) is 5. The lowest BCUT2D eigenvalue weighted by atomic mass is 10.2. The van der Waals surface area contributed by atoms with Gasteiger partial charge in [0, 0.05) is 12.3 Å². The van der Waals surface area contributed by atoms with Crippen LogP contribution in [0.4, 0.5) is 0 Å². The van der Waals surface area contributed by atoms with E-state index in [9.17, 15) is 18.0 Å². The van der Waals surface area contributed by atoms with Crippen molar-refractivity contribution in [1.82, 2.24) is 4.72 Å². The van der Waals surface area contributed by atoms with Gasteiger partial charge in [-0.25, -0.2) is 8.42 Å². The lowest BCUT2D eigenvalue weighted by Gasteiger charge is -2.06. The second-order valence-electron chi connectivity index (χ2n) is 4.51. The SMILES string of the molecule is CC(=O)c1cc2c(S(=O)(=O)NCC(=O)O)ccc(C)c2o1. The first-order valence-electron chi connectivity index (χ1n) is 5.98. The number of hydrogen-bond donors (Lipinski definition) is 2. The van der Waals surface area contributed by atoms with Crippen LogP contribution in [-0.2, 0) is 14.8 Å². The van der Waals surface area contributed by atoms with E-state index in [1.165, 1.54) is 25.1 Å². The molecule has 8 heteroatoms. The zero-order valence-corrected chi connectivity index (χ0v) is 12.2. The highest BCUT2D eigenvalue weighted by molar-refractivity contribution is 7.89. The molecule has 0 saturated heterocycles. The molecule has 0 radical (unpaired) electrons. The Morgan fingerprint density at radius 3 is 2.57 bits per heavy atom. The maximum absolute atomic E-state index is 12.1. The molecule has 0 spiro atoms. The topological polar surface area (TPSA) is 114 Å². The summed E-state index contributed by atoms with van der Waals surface area (Å²) in [5, 5.41) is 8.82. The highest BCUT2D eigenvalue weighted by Crippen LogP contribution is 2.29. The number of carboxylic acids is 1. The van der Waals surface area contributed by atoms with Gasteiger partial charge in [-0.15, -0.1) is 0 Å². The van der Waals surface area contributed by atoms with E-state index in [-0.39, 0.29) is 21.8 Å². The number of ketones is 1. The number of sulfonamides is 1. The molecule has 1 aromatic heterocycles. The van der Waals surface area contributed by atoms with Crippen molar-refractivity contribution >= 4 is 32.7 Å². The fourth-order valence-electron chi connectivity index (χ4n) is 1.88. The van der Waals surface area contributed by atoms with Gasteiger partial charge in [0.1, 0.15) is 12.1 Å². The smallest absolute Gasteiger partial charge is 0.318 e. The molecule has 0 aliphatic carbocycles. The first-order chi connectivity index (χ1) is 9.72. The average Bonchev–Trinajstić information content (AvgIpc) is 2.82. The number of rotatable bonds is 5. The van der Waals surface area contributed by atoms with Crippen LogP contribution in [0, 0.1) is 6.92 Å². The molecule has 21 heavy (non-hydrogen) atoms. The molecular weight excluding hydrogens is 298 g/mol. The van der Waals surface area contributed by atoms with Gasteiger partial charge in [-0.05, 0) is 24.6 Å². The van der Waals surface area contributed by atoms with Crippen molar-refractivity contribution in [1.29, 1.82) is 0 Å². The normalized spacial score (nSPS) is 11.7. The molecule has 0 saturated carbocycles. The van der Waals surface area contributed by atoms with Gasteiger partial charge in [0.2, 0.25) is 10.0 Å². The molecule has 1 aromatic carbocycles. The van der Waals surface area contributed by atoms with Gasteiger partial charge in [0.25, 0.3) is 0 Å². The molecule has 2 aromatic rings. The Hall–Kier alpha value is -2.19. The number of carboxylic acid groups (broad SMARTS) is 1. The molecule has 0 atom stereocenters. The molecule has 0 amide bonds. The fourth-order valence-corrected chi connectivity index (χ4v) is 3.03. The monoisotopic (exact) mass is 311 g/mol. The number of aliphatic carboxylic acids is 1. The zero-order valence-electron chi connectivity index (χ0n) is 11.3. The maximum atomic E-state index is 12.1. The van der Waals surface area contributed by atoms with Crippen LogP contribution < -0.4 is 4.72 Å². The van der Waals surface area contributed by atoms with Crippen LogP contribution in [0.5, 0.6) is 0 Å². The molecule has 0 fully saturated rings. The molecule has 0 aliphatic heterocycles. The Morgan fingerprint density at radius 1 is 1.33 bits per heavy atom. The van der Waals surface area contributed by atoms with Crippen LogP contribution in [0.3, 0.4) is 0 Å². The Balaban J connectivity index is 2.62. The maximum Gasteiger partial charge on any atom is 0.318 e. The molecule has 2 N–H and O–H groups in total. The molecule has 0 aliphatic rings. The Kier molecular flexibility index (Phi) is 3.84. The second kappa shape index (κ2) is 5.30. The lowest BCUT2D eigenvalue weighted by Crippen LogP contribution is -2.29.